The first-order valence-electron chi connectivity index (χ1n) is 9.02. The highest BCUT2D eigenvalue weighted by atomic mass is 32.1. The second-order valence-corrected chi connectivity index (χ2v) is 7.53. The van der Waals surface area contributed by atoms with Crippen molar-refractivity contribution in [2.24, 2.45) is 0 Å². The molecule has 142 valence electrons. The number of esters is 1. The van der Waals surface area contributed by atoms with Crippen LogP contribution in [0.5, 0.6) is 0 Å². The van der Waals surface area contributed by atoms with Crippen molar-refractivity contribution in [1.29, 1.82) is 0 Å². The quantitative estimate of drug-likeness (QED) is 0.622. The molecular weight excluding hydrogens is 374 g/mol. The van der Waals surface area contributed by atoms with Crippen molar-refractivity contribution in [3.05, 3.63) is 65.4 Å². The summed E-state index contributed by atoms with van der Waals surface area (Å²) in [6.07, 6.45) is 4.28. The van der Waals surface area contributed by atoms with Crippen molar-refractivity contribution in [2.45, 2.75) is 25.8 Å². The minimum Gasteiger partial charge on any atom is -0.455 e. The number of hydrogen-bond acceptors (Lipinski definition) is 6. The van der Waals surface area contributed by atoms with Gasteiger partial charge in [-0.1, -0.05) is 18.2 Å². The molecule has 1 aliphatic heterocycles. The molecule has 1 amide bonds. The van der Waals surface area contributed by atoms with Crippen molar-refractivity contribution in [2.75, 3.05) is 11.5 Å². The molecule has 0 unspecified atom stereocenters. The number of ether oxygens (including phenoxy) is 1. The lowest BCUT2D eigenvalue weighted by Crippen LogP contribution is -2.38. The van der Waals surface area contributed by atoms with Gasteiger partial charge in [0.2, 0.25) is 0 Å². The van der Waals surface area contributed by atoms with Gasteiger partial charge in [-0.3, -0.25) is 14.6 Å². The average Bonchev–Trinajstić information content (AvgIpc) is 3.30. The molecule has 3 heterocycles. The molecule has 2 aromatic heterocycles. The zero-order valence-corrected chi connectivity index (χ0v) is 16.2. The molecule has 0 radical (unpaired) electrons. The van der Waals surface area contributed by atoms with Crippen LogP contribution in [0.4, 0.5) is 5.69 Å². The molecule has 0 N–H and O–H groups in total. The number of fused-ring (bicyclic) bond motifs is 1. The van der Waals surface area contributed by atoms with E-state index in [1.807, 2.05) is 48.7 Å². The first-order chi connectivity index (χ1) is 13.6. The van der Waals surface area contributed by atoms with E-state index in [9.17, 15) is 9.59 Å². The van der Waals surface area contributed by atoms with Gasteiger partial charge in [-0.25, -0.2) is 4.98 Å². The number of carbonyl (C=O) groups excluding carboxylic acids is 2. The van der Waals surface area contributed by atoms with Crippen LogP contribution in [0.2, 0.25) is 0 Å². The van der Waals surface area contributed by atoms with Gasteiger partial charge in [0.1, 0.15) is 5.01 Å². The number of rotatable bonds is 5. The van der Waals surface area contributed by atoms with E-state index in [4.69, 9.17) is 4.74 Å². The summed E-state index contributed by atoms with van der Waals surface area (Å²) in [6, 6.07) is 11.6. The summed E-state index contributed by atoms with van der Waals surface area (Å²) in [5.41, 5.74) is 3.57. The Hall–Kier alpha value is -3.06. The van der Waals surface area contributed by atoms with Crippen LogP contribution in [0.3, 0.4) is 0 Å². The van der Waals surface area contributed by atoms with Crippen LogP contribution in [0.15, 0.2) is 54.2 Å². The van der Waals surface area contributed by atoms with Gasteiger partial charge in [0, 0.05) is 35.1 Å². The SMILES string of the molecule is C[C@H]1Cc2ccccc2N1C(=O)COC(=O)Cc1csc(-c2cccnc2)n1. The molecule has 0 aliphatic carbocycles. The Balaban J connectivity index is 1.34. The fraction of sp³-hybridized carbons (Fsp3) is 0.238. The summed E-state index contributed by atoms with van der Waals surface area (Å²) >= 11 is 1.45. The number of nitrogens with zero attached hydrogens (tertiary/aromatic N) is 3. The monoisotopic (exact) mass is 393 g/mol. The Morgan fingerprint density at radius 1 is 1.25 bits per heavy atom. The molecule has 3 aromatic rings. The van der Waals surface area contributed by atoms with Crippen molar-refractivity contribution in [1.82, 2.24) is 9.97 Å². The lowest BCUT2D eigenvalue weighted by Gasteiger charge is -2.22. The van der Waals surface area contributed by atoms with Gasteiger partial charge in [0.25, 0.3) is 5.91 Å². The van der Waals surface area contributed by atoms with E-state index in [0.29, 0.717) is 5.69 Å². The third kappa shape index (κ3) is 3.80. The third-order valence-electron chi connectivity index (χ3n) is 4.62. The lowest BCUT2D eigenvalue weighted by molar-refractivity contribution is -0.147. The average molecular weight is 393 g/mol. The number of thiazole rings is 1. The van der Waals surface area contributed by atoms with Gasteiger partial charge >= 0.3 is 5.97 Å². The summed E-state index contributed by atoms with van der Waals surface area (Å²) in [6.45, 7) is 1.73. The van der Waals surface area contributed by atoms with E-state index >= 15 is 0 Å². The van der Waals surface area contributed by atoms with E-state index in [2.05, 4.69) is 9.97 Å². The van der Waals surface area contributed by atoms with E-state index in [1.165, 1.54) is 11.3 Å². The third-order valence-corrected chi connectivity index (χ3v) is 5.56. The van der Waals surface area contributed by atoms with E-state index in [-0.39, 0.29) is 25.0 Å². The fourth-order valence-corrected chi connectivity index (χ4v) is 4.18. The highest BCUT2D eigenvalue weighted by Crippen LogP contribution is 2.31. The molecule has 4 rings (SSSR count). The second kappa shape index (κ2) is 7.90. The second-order valence-electron chi connectivity index (χ2n) is 6.67. The molecule has 1 atom stereocenters. The number of pyridine rings is 1. The molecule has 0 bridgehead atoms. The molecule has 6 nitrogen and oxygen atoms in total. The number of benzene rings is 1. The maximum Gasteiger partial charge on any atom is 0.312 e. The van der Waals surface area contributed by atoms with Crippen LogP contribution in [-0.2, 0) is 27.2 Å². The van der Waals surface area contributed by atoms with Crippen molar-refractivity contribution < 1.29 is 14.3 Å². The summed E-state index contributed by atoms with van der Waals surface area (Å²) in [7, 11) is 0. The van der Waals surface area contributed by atoms with Gasteiger partial charge < -0.3 is 9.64 Å². The molecular formula is C21H19N3O3S. The number of amides is 1. The van der Waals surface area contributed by atoms with Gasteiger partial charge in [-0.2, -0.15) is 0 Å². The number of carbonyl (C=O) groups is 2. The molecule has 1 aliphatic rings. The summed E-state index contributed by atoms with van der Waals surface area (Å²) < 4.78 is 5.22. The predicted molar refractivity (Wildman–Crippen MR) is 107 cm³/mol. The van der Waals surface area contributed by atoms with Crippen LogP contribution >= 0.6 is 11.3 Å². The Kier molecular flexibility index (Phi) is 5.16. The van der Waals surface area contributed by atoms with Gasteiger partial charge in [0.15, 0.2) is 6.61 Å². The Labute approximate surface area is 166 Å². The Morgan fingerprint density at radius 3 is 2.93 bits per heavy atom. The summed E-state index contributed by atoms with van der Waals surface area (Å²) in [4.78, 5) is 35.0. The molecule has 0 saturated heterocycles. The summed E-state index contributed by atoms with van der Waals surface area (Å²) in [5, 5.41) is 2.62. The van der Waals surface area contributed by atoms with E-state index in [1.54, 1.807) is 17.3 Å². The maximum absolute atomic E-state index is 12.6. The highest BCUT2D eigenvalue weighted by molar-refractivity contribution is 7.13. The van der Waals surface area contributed by atoms with Gasteiger partial charge in [-0.05, 0) is 37.1 Å². The van der Waals surface area contributed by atoms with Crippen LogP contribution in [-0.4, -0.2) is 34.5 Å². The highest BCUT2D eigenvalue weighted by Gasteiger charge is 2.30. The number of aromatic nitrogens is 2. The van der Waals surface area contributed by atoms with Crippen LogP contribution in [0.25, 0.3) is 10.6 Å². The zero-order chi connectivity index (χ0) is 19.5. The number of anilines is 1. The van der Waals surface area contributed by atoms with E-state index < -0.39 is 5.97 Å². The van der Waals surface area contributed by atoms with Crippen molar-refractivity contribution in [3.63, 3.8) is 0 Å². The van der Waals surface area contributed by atoms with E-state index in [0.717, 1.165) is 28.2 Å². The lowest BCUT2D eigenvalue weighted by atomic mass is 10.1. The smallest absolute Gasteiger partial charge is 0.312 e. The van der Waals surface area contributed by atoms with Crippen molar-refractivity contribution in [3.8, 4) is 10.6 Å². The molecule has 0 spiro atoms. The Bertz CT molecular complexity index is 1000. The molecule has 1 aromatic carbocycles. The maximum atomic E-state index is 12.6. The number of para-hydroxylation sites is 1. The normalized spacial score (nSPS) is 15.3. The van der Waals surface area contributed by atoms with Crippen molar-refractivity contribution >= 4 is 28.9 Å². The van der Waals surface area contributed by atoms with Crippen LogP contribution in [0, 0.1) is 0 Å². The molecule has 28 heavy (non-hydrogen) atoms. The molecule has 0 fully saturated rings. The largest absolute Gasteiger partial charge is 0.455 e. The topological polar surface area (TPSA) is 72.4 Å². The molecule has 0 saturated carbocycles. The fourth-order valence-electron chi connectivity index (χ4n) is 3.37. The standard InChI is InChI=1S/C21H19N3O3S/c1-14-9-15-5-2-3-7-18(15)24(14)19(25)12-27-20(26)10-17-13-28-21(23-17)16-6-4-8-22-11-16/h2-8,11,13-14H,9-10,12H2,1H3/t14-/m0/s1. The zero-order valence-electron chi connectivity index (χ0n) is 15.4. The first kappa shape index (κ1) is 18.3. The first-order valence-corrected chi connectivity index (χ1v) is 9.90. The van der Waals surface area contributed by atoms with Crippen LogP contribution < -0.4 is 4.90 Å². The summed E-state index contributed by atoms with van der Waals surface area (Å²) in [5.74, 6) is -0.670. The minimum atomic E-state index is -0.462. The molecule has 7 heteroatoms. The Morgan fingerprint density at radius 2 is 2.11 bits per heavy atom. The predicted octanol–water partition coefficient (Wildman–Crippen LogP) is 3.27. The van der Waals surface area contributed by atoms with Gasteiger partial charge in [-0.15, -0.1) is 11.3 Å². The van der Waals surface area contributed by atoms with Gasteiger partial charge in [0.05, 0.1) is 12.1 Å². The minimum absolute atomic E-state index is 0.0379. The number of hydrogen-bond donors (Lipinski definition) is 0. The van der Waals surface area contributed by atoms with Crippen LogP contribution in [0.1, 0.15) is 18.2 Å².